The van der Waals surface area contributed by atoms with E-state index in [1.165, 1.54) is 0 Å². The first-order valence-electron chi connectivity index (χ1n) is 9.80. The fourth-order valence-corrected chi connectivity index (χ4v) is 3.48. The van der Waals surface area contributed by atoms with Gasteiger partial charge in [0.15, 0.2) is 0 Å². The SMILES string of the molecule is CCCNC(=O)c1nc(CN(C)C)n(-c2ccc(Cl)cc2Cc2ccccc2Cl)n1. The lowest BCUT2D eigenvalue weighted by molar-refractivity contribution is 0.0943. The van der Waals surface area contributed by atoms with Crippen LogP contribution in [0.2, 0.25) is 10.0 Å². The Labute approximate surface area is 186 Å². The first-order valence-corrected chi connectivity index (χ1v) is 10.6. The maximum Gasteiger partial charge on any atom is 0.290 e. The van der Waals surface area contributed by atoms with E-state index >= 15 is 0 Å². The van der Waals surface area contributed by atoms with Gasteiger partial charge in [0.25, 0.3) is 5.91 Å². The zero-order chi connectivity index (χ0) is 21.7. The fourth-order valence-electron chi connectivity index (χ4n) is 3.09. The summed E-state index contributed by atoms with van der Waals surface area (Å²) in [5.74, 6) is 0.542. The second kappa shape index (κ2) is 10.1. The van der Waals surface area contributed by atoms with E-state index in [1.54, 1.807) is 4.68 Å². The zero-order valence-corrected chi connectivity index (χ0v) is 18.8. The van der Waals surface area contributed by atoms with E-state index < -0.39 is 0 Å². The molecule has 0 fully saturated rings. The van der Waals surface area contributed by atoms with Gasteiger partial charge in [0.2, 0.25) is 5.82 Å². The predicted molar refractivity (Wildman–Crippen MR) is 121 cm³/mol. The van der Waals surface area contributed by atoms with Gasteiger partial charge in [-0.1, -0.05) is 48.3 Å². The molecule has 2 aromatic carbocycles. The van der Waals surface area contributed by atoms with Crippen molar-refractivity contribution in [1.29, 1.82) is 0 Å². The van der Waals surface area contributed by atoms with E-state index in [2.05, 4.69) is 15.4 Å². The third-order valence-electron chi connectivity index (χ3n) is 4.48. The van der Waals surface area contributed by atoms with Crippen molar-refractivity contribution in [1.82, 2.24) is 25.0 Å². The van der Waals surface area contributed by atoms with E-state index in [-0.39, 0.29) is 11.7 Å². The molecule has 0 aliphatic heterocycles. The van der Waals surface area contributed by atoms with E-state index in [1.807, 2.05) is 68.4 Å². The van der Waals surface area contributed by atoms with E-state index in [0.717, 1.165) is 23.2 Å². The van der Waals surface area contributed by atoms with Crippen molar-refractivity contribution < 1.29 is 4.79 Å². The van der Waals surface area contributed by atoms with Gasteiger partial charge in [0, 0.05) is 23.0 Å². The number of amides is 1. The first kappa shape index (κ1) is 22.3. The molecule has 3 rings (SSSR count). The largest absolute Gasteiger partial charge is 0.349 e. The van der Waals surface area contributed by atoms with Gasteiger partial charge in [-0.05, 0) is 55.9 Å². The summed E-state index contributed by atoms with van der Waals surface area (Å²) in [6.07, 6.45) is 1.42. The molecule has 1 aromatic heterocycles. The maximum absolute atomic E-state index is 12.5. The molecule has 0 bridgehead atoms. The third-order valence-corrected chi connectivity index (χ3v) is 5.08. The Morgan fingerprint density at radius 3 is 2.60 bits per heavy atom. The minimum absolute atomic E-state index is 0.152. The van der Waals surface area contributed by atoms with Crippen LogP contribution in [0.15, 0.2) is 42.5 Å². The topological polar surface area (TPSA) is 63.1 Å². The molecule has 3 aromatic rings. The van der Waals surface area contributed by atoms with Gasteiger partial charge in [0.05, 0.1) is 12.2 Å². The number of hydrogen-bond acceptors (Lipinski definition) is 4. The average molecular weight is 446 g/mol. The Kier molecular flexibility index (Phi) is 7.48. The lowest BCUT2D eigenvalue weighted by Crippen LogP contribution is -2.25. The van der Waals surface area contributed by atoms with E-state index in [4.69, 9.17) is 23.2 Å². The molecule has 0 aliphatic rings. The third kappa shape index (κ3) is 5.39. The molecule has 0 unspecified atom stereocenters. The molecule has 1 heterocycles. The number of rotatable bonds is 8. The van der Waals surface area contributed by atoms with Crippen LogP contribution >= 0.6 is 23.2 Å². The molecule has 158 valence electrons. The maximum atomic E-state index is 12.5. The summed E-state index contributed by atoms with van der Waals surface area (Å²) in [6, 6.07) is 13.3. The van der Waals surface area contributed by atoms with Gasteiger partial charge in [0.1, 0.15) is 5.82 Å². The predicted octanol–water partition coefficient (Wildman–Crippen LogP) is 4.37. The first-order chi connectivity index (χ1) is 14.4. The smallest absolute Gasteiger partial charge is 0.290 e. The summed E-state index contributed by atoms with van der Waals surface area (Å²) >= 11 is 12.7. The van der Waals surface area contributed by atoms with Crippen molar-refractivity contribution in [2.75, 3.05) is 20.6 Å². The van der Waals surface area contributed by atoms with Crippen LogP contribution < -0.4 is 5.32 Å². The minimum Gasteiger partial charge on any atom is -0.349 e. The Balaban J connectivity index is 2.06. The number of carbonyl (C=O) groups is 1. The van der Waals surface area contributed by atoms with Crippen LogP contribution in [0, 0.1) is 0 Å². The molecule has 0 aliphatic carbocycles. The highest BCUT2D eigenvalue weighted by Gasteiger charge is 2.20. The normalized spacial score (nSPS) is 11.1. The fraction of sp³-hybridized carbons (Fsp3) is 0.318. The van der Waals surface area contributed by atoms with Gasteiger partial charge < -0.3 is 10.2 Å². The quantitative estimate of drug-likeness (QED) is 0.559. The van der Waals surface area contributed by atoms with Crippen LogP contribution in [0.3, 0.4) is 0 Å². The molecule has 30 heavy (non-hydrogen) atoms. The number of nitrogens with one attached hydrogen (secondary N) is 1. The average Bonchev–Trinajstić information content (AvgIpc) is 3.11. The molecule has 1 N–H and O–H groups in total. The Bertz CT molecular complexity index is 1030. The molecule has 8 heteroatoms. The molecule has 0 spiro atoms. The Hall–Kier alpha value is -2.41. The highest BCUT2D eigenvalue weighted by atomic mass is 35.5. The van der Waals surface area contributed by atoms with Crippen molar-refractivity contribution in [3.05, 3.63) is 75.3 Å². The monoisotopic (exact) mass is 445 g/mol. The molecular weight excluding hydrogens is 421 g/mol. The van der Waals surface area contributed by atoms with Crippen LogP contribution in [0.1, 0.15) is 40.9 Å². The van der Waals surface area contributed by atoms with Crippen molar-refractivity contribution in [2.45, 2.75) is 26.3 Å². The molecule has 0 saturated carbocycles. The van der Waals surface area contributed by atoms with Crippen molar-refractivity contribution in [2.24, 2.45) is 0 Å². The van der Waals surface area contributed by atoms with Crippen LogP contribution in [-0.2, 0) is 13.0 Å². The van der Waals surface area contributed by atoms with Gasteiger partial charge in [-0.3, -0.25) is 4.79 Å². The van der Waals surface area contributed by atoms with Crippen LogP contribution in [0.5, 0.6) is 0 Å². The number of aromatic nitrogens is 3. The number of hydrogen-bond donors (Lipinski definition) is 1. The Morgan fingerprint density at radius 1 is 1.13 bits per heavy atom. The lowest BCUT2D eigenvalue weighted by atomic mass is 10.0. The number of benzene rings is 2. The minimum atomic E-state index is -0.280. The Morgan fingerprint density at radius 2 is 1.90 bits per heavy atom. The second-order valence-electron chi connectivity index (χ2n) is 7.30. The highest BCUT2D eigenvalue weighted by Crippen LogP contribution is 2.26. The summed E-state index contributed by atoms with van der Waals surface area (Å²) in [5.41, 5.74) is 2.75. The molecular formula is C22H25Cl2N5O. The molecule has 6 nitrogen and oxygen atoms in total. The summed E-state index contributed by atoms with van der Waals surface area (Å²) in [6.45, 7) is 3.11. The van der Waals surface area contributed by atoms with Crippen LogP contribution in [0.4, 0.5) is 0 Å². The van der Waals surface area contributed by atoms with Gasteiger partial charge >= 0.3 is 0 Å². The zero-order valence-electron chi connectivity index (χ0n) is 17.3. The van der Waals surface area contributed by atoms with Crippen LogP contribution in [-0.4, -0.2) is 46.2 Å². The summed E-state index contributed by atoms with van der Waals surface area (Å²) < 4.78 is 1.73. The molecule has 0 radical (unpaired) electrons. The summed E-state index contributed by atoms with van der Waals surface area (Å²) in [5, 5.41) is 8.68. The van der Waals surface area contributed by atoms with Gasteiger partial charge in [-0.25, -0.2) is 9.67 Å². The summed E-state index contributed by atoms with van der Waals surface area (Å²) in [7, 11) is 3.89. The highest BCUT2D eigenvalue weighted by molar-refractivity contribution is 6.31. The van der Waals surface area contributed by atoms with Crippen molar-refractivity contribution >= 4 is 29.1 Å². The molecule has 0 atom stereocenters. The number of halogens is 2. The number of carbonyl (C=O) groups excluding carboxylic acids is 1. The standard InChI is InChI=1S/C22H25Cl2N5O/c1-4-11-25-22(30)21-26-20(14-28(2)3)29(27-21)19-10-9-17(23)13-16(19)12-15-7-5-6-8-18(15)24/h5-10,13H,4,11-12,14H2,1-3H3,(H,25,30). The number of nitrogens with zero attached hydrogens (tertiary/aromatic N) is 4. The van der Waals surface area contributed by atoms with Gasteiger partial charge in [-0.15, -0.1) is 5.10 Å². The van der Waals surface area contributed by atoms with Gasteiger partial charge in [-0.2, -0.15) is 0 Å². The van der Waals surface area contributed by atoms with Crippen molar-refractivity contribution in [3.63, 3.8) is 0 Å². The molecule has 0 saturated heterocycles. The van der Waals surface area contributed by atoms with E-state index in [9.17, 15) is 4.79 Å². The lowest BCUT2D eigenvalue weighted by Gasteiger charge is -2.15. The molecule has 1 amide bonds. The summed E-state index contributed by atoms with van der Waals surface area (Å²) in [4.78, 5) is 19.0. The van der Waals surface area contributed by atoms with Crippen molar-refractivity contribution in [3.8, 4) is 5.69 Å². The van der Waals surface area contributed by atoms with E-state index in [0.29, 0.717) is 35.4 Å². The second-order valence-corrected chi connectivity index (χ2v) is 8.14. The van der Waals surface area contributed by atoms with Crippen LogP contribution in [0.25, 0.3) is 5.69 Å².